The first-order valence-electron chi connectivity index (χ1n) is 3.77. The molecule has 66 valence electrons. The lowest BCUT2D eigenvalue weighted by Gasteiger charge is -2.19. The minimum atomic E-state index is -2.25. The molecule has 2 N–H and O–H groups in total. The maximum Gasteiger partial charge on any atom is 0.251 e. The van der Waals surface area contributed by atoms with Gasteiger partial charge in [-0.25, -0.2) is 8.78 Å². The summed E-state index contributed by atoms with van der Waals surface area (Å²) in [6.07, 6.45) is -0.302. The number of hydrogen-bond donors (Lipinski definition) is 1. The molecule has 11 heavy (non-hydrogen) atoms. The van der Waals surface area contributed by atoms with E-state index in [9.17, 15) is 8.78 Å². The van der Waals surface area contributed by atoms with E-state index < -0.39 is 6.43 Å². The smallest absolute Gasteiger partial charge is 0.251 e. The van der Waals surface area contributed by atoms with E-state index in [1.165, 1.54) is 0 Å². The third-order valence-corrected chi connectivity index (χ3v) is 1.93. The van der Waals surface area contributed by atoms with Gasteiger partial charge in [-0.2, -0.15) is 0 Å². The molecule has 4 heteroatoms. The normalized spacial score (nSPS) is 21.3. The van der Waals surface area contributed by atoms with Gasteiger partial charge in [0.25, 0.3) is 6.43 Å². The zero-order chi connectivity index (χ0) is 8.48. The molecule has 0 unspecified atom stereocenters. The highest BCUT2D eigenvalue weighted by Crippen LogP contribution is 2.32. The third-order valence-electron chi connectivity index (χ3n) is 1.93. The number of halogens is 2. The molecule has 0 amide bonds. The van der Waals surface area contributed by atoms with Crippen molar-refractivity contribution in [1.82, 2.24) is 4.90 Å². The van der Waals surface area contributed by atoms with Crippen LogP contribution in [0.4, 0.5) is 8.78 Å². The minimum absolute atomic E-state index is 0.149. The van der Waals surface area contributed by atoms with Crippen LogP contribution in [0, 0.1) is 0 Å². The molecule has 0 aliphatic heterocycles. The van der Waals surface area contributed by atoms with Crippen molar-refractivity contribution in [3.05, 3.63) is 0 Å². The molecule has 0 aromatic carbocycles. The zero-order valence-electron chi connectivity index (χ0n) is 6.69. The Bertz CT molecular complexity index is 134. The first kappa shape index (κ1) is 8.87. The number of alkyl halides is 2. The van der Waals surface area contributed by atoms with Crippen LogP contribution < -0.4 is 5.73 Å². The molecule has 0 aromatic heterocycles. The van der Waals surface area contributed by atoms with Crippen molar-refractivity contribution < 1.29 is 8.78 Å². The second-order valence-electron chi connectivity index (χ2n) is 3.45. The predicted octanol–water partition coefficient (Wildman–Crippen LogP) is 0.675. The summed E-state index contributed by atoms with van der Waals surface area (Å²) in [5.74, 6) is 0. The van der Waals surface area contributed by atoms with Gasteiger partial charge >= 0.3 is 0 Å². The van der Waals surface area contributed by atoms with Crippen LogP contribution in [-0.2, 0) is 0 Å². The molecule has 1 aliphatic rings. The fourth-order valence-electron chi connectivity index (χ4n) is 1.16. The molecule has 0 bridgehead atoms. The van der Waals surface area contributed by atoms with Crippen molar-refractivity contribution in [3.8, 4) is 0 Å². The van der Waals surface area contributed by atoms with Gasteiger partial charge in [-0.05, 0) is 19.9 Å². The molecule has 2 nitrogen and oxygen atoms in total. The van der Waals surface area contributed by atoms with E-state index in [1.54, 1.807) is 11.9 Å². The Morgan fingerprint density at radius 3 is 2.45 bits per heavy atom. The van der Waals surface area contributed by atoms with Crippen molar-refractivity contribution >= 4 is 0 Å². The highest BCUT2D eigenvalue weighted by Gasteiger charge is 2.39. The van der Waals surface area contributed by atoms with Gasteiger partial charge < -0.3 is 5.73 Å². The van der Waals surface area contributed by atoms with Crippen LogP contribution in [-0.4, -0.2) is 37.0 Å². The van der Waals surface area contributed by atoms with Crippen LogP contribution >= 0.6 is 0 Å². The summed E-state index contributed by atoms with van der Waals surface area (Å²) in [6, 6.07) is 0. The van der Waals surface area contributed by atoms with Crippen LogP contribution in [0.5, 0.6) is 0 Å². The van der Waals surface area contributed by atoms with Gasteiger partial charge in [0, 0.05) is 12.1 Å². The van der Waals surface area contributed by atoms with Crippen molar-refractivity contribution in [3.63, 3.8) is 0 Å². The van der Waals surface area contributed by atoms with Crippen molar-refractivity contribution in [2.75, 3.05) is 20.1 Å². The Morgan fingerprint density at radius 1 is 1.55 bits per heavy atom. The Morgan fingerprint density at radius 2 is 2.09 bits per heavy atom. The summed E-state index contributed by atoms with van der Waals surface area (Å²) >= 11 is 0. The Labute approximate surface area is 65.4 Å². The van der Waals surface area contributed by atoms with Crippen molar-refractivity contribution in [1.29, 1.82) is 0 Å². The Balaban J connectivity index is 2.15. The first-order valence-corrected chi connectivity index (χ1v) is 3.77. The van der Waals surface area contributed by atoms with Gasteiger partial charge in [-0.15, -0.1) is 0 Å². The Hall–Kier alpha value is -0.220. The number of nitrogens with two attached hydrogens (primary N) is 1. The number of hydrogen-bond acceptors (Lipinski definition) is 2. The van der Waals surface area contributed by atoms with Crippen LogP contribution in [0.25, 0.3) is 0 Å². The minimum Gasteiger partial charge on any atom is -0.324 e. The quantitative estimate of drug-likeness (QED) is 0.662. The highest BCUT2D eigenvalue weighted by atomic mass is 19.3. The van der Waals surface area contributed by atoms with E-state index in [2.05, 4.69) is 0 Å². The van der Waals surface area contributed by atoms with Gasteiger partial charge in [0.2, 0.25) is 0 Å². The summed E-state index contributed by atoms with van der Waals surface area (Å²) in [6.45, 7) is 0.427. The van der Waals surface area contributed by atoms with Crippen molar-refractivity contribution in [2.24, 2.45) is 5.73 Å². The van der Waals surface area contributed by atoms with E-state index >= 15 is 0 Å². The monoisotopic (exact) mass is 164 g/mol. The second kappa shape index (κ2) is 3.03. The highest BCUT2D eigenvalue weighted by molar-refractivity contribution is 5.00. The molecule has 0 aromatic rings. The molecule has 0 heterocycles. The number of rotatable bonds is 4. The van der Waals surface area contributed by atoms with Crippen LogP contribution in [0.15, 0.2) is 0 Å². The standard InChI is InChI=1S/C7H14F2N2/c1-11(4-6(8)9)5-7(10)2-3-7/h6H,2-5,10H2,1H3. The van der Waals surface area contributed by atoms with E-state index in [0.29, 0.717) is 6.54 Å². The lowest BCUT2D eigenvalue weighted by molar-refractivity contribution is 0.0967. The second-order valence-corrected chi connectivity index (χ2v) is 3.45. The third kappa shape index (κ3) is 3.12. The largest absolute Gasteiger partial charge is 0.324 e. The topological polar surface area (TPSA) is 29.3 Å². The van der Waals surface area contributed by atoms with Gasteiger partial charge in [0.05, 0.1) is 6.54 Å². The van der Waals surface area contributed by atoms with Crippen LogP contribution in [0.2, 0.25) is 0 Å². The molecular weight excluding hydrogens is 150 g/mol. The van der Waals surface area contributed by atoms with E-state index in [-0.39, 0.29) is 12.1 Å². The summed E-state index contributed by atoms with van der Waals surface area (Å²) < 4.78 is 23.6. The van der Waals surface area contributed by atoms with E-state index in [4.69, 9.17) is 5.73 Å². The average Bonchev–Trinajstić information content (AvgIpc) is 2.44. The van der Waals surface area contributed by atoms with Crippen LogP contribution in [0.1, 0.15) is 12.8 Å². The van der Waals surface area contributed by atoms with Crippen molar-refractivity contribution in [2.45, 2.75) is 24.8 Å². The zero-order valence-corrected chi connectivity index (χ0v) is 6.69. The lowest BCUT2D eigenvalue weighted by atomic mass is 10.3. The molecule has 1 rings (SSSR count). The van der Waals surface area contributed by atoms with Crippen LogP contribution in [0.3, 0.4) is 0 Å². The molecule has 0 atom stereocenters. The molecule has 1 saturated carbocycles. The Kier molecular flexibility index (Phi) is 2.44. The number of nitrogens with zero attached hydrogens (tertiary/aromatic N) is 1. The molecular formula is C7H14F2N2. The summed E-state index contributed by atoms with van der Waals surface area (Å²) in [7, 11) is 1.68. The predicted molar refractivity (Wildman–Crippen MR) is 39.7 cm³/mol. The van der Waals surface area contributed by atoms with E-state index in [0.717, 1.165) is 12.8 Å². The van der Waals surface area contributed by atoms with E-state index in [1.807, 2.05) is 0 Å². The fourth-order valence-corrected chi connectivity index (χ4v) is 1.16. The fraction of sp³-hybridized carbons (Fsp3) is 1.00. The molecule has 0 spiro atoms. The van der Waals surface area contributed by atoms with Gasteiger partial charge in [0.15, 0.2) is 0 Å². The molecule has 1 aliphatic carbocycles. The van der Waals surface area contributed by atoms with Gasteiger partial charge in [0.1, 0.15) is 0 Å². The maximum atomic E-state index is 11.8. The van der Waals surface area contributed by atoms with Gasteiger partial charge in [-0.3, -0.25) is 4.90 Å². The molecule has 0 saturated heterocycles. The molecule has 1 fully saturated rings. The lowest BCUT2D eigenvalue weighted by Crippen LogP contribution is -2.39. The maximum absolute atomic E-state index is 11.8. The summed E-state index contributed by atoms with van der Waals surface area (Å²) in [4.78, 5) is 1.59. The SMILES string of the molecule is CN(CC(F)F)CC1(N)CC1. The number of likely N-dealkylation sites (N-methyl/N-ethyl adjacent to an activating group) is 1. The summed E-state index contributed by atoms with van der Waals surface area (Å²) in [5, 5.41) is 0. The first-order chi connectivity index (χ1) is 5.02. The molecule has 0 radical (unpaired) electrons. The van der Waals surface area contributed by atoms with Gasteiger partial charge in [-0.1, -0.05) is 0 Å². The average molecular weight is 164 g/mol. The summed E-state index contributed by atoms with van der Waals surface area (Å²) in [5.41, 5.74) is 5.59.